The molecule has 0 atom stereocenters. The second-order valence-electron chi connectivity index (χ2n) is 3.58. The number of benzene rings is 1. The Hall–Kier alpha value is -0.960. The second kappa shape index (κ2) is 3.89. The molecule has 2 radical (unpaired) electrons. The summed E-state index contributed by atoms with van der Waals surface area (Å²) in [6.07, 6.45) is 0. The quantitative estimate of drug-likeness (QED) is 0.706. The number of anilines is 1. The van der Waals surface area contributed by atoms with E-state index in [1.54, 1.807) is 11.0 Å². The van der Waals surface area contributed by atoms with Gasteiger partial charge in [-0.25, -0.2) is 4.39 Å². The van der Waals surface area contributed by atoms with Crippen LogP contribution in [-0.4, -0.2) is 0 Å². The summed E-state index contributed by atoms with van der Waals surface area (Å²) in [7, 11) is 0. The number of allylic oxidation sites excluding steroid dienone is 2. The number of hydrogen-bond acceptors (Lipinski definition) is 2. The molecule has 1 aliphatic rings. The Bertz CT molecular complexity index is 405. The first-order chi connectivity index (χ1) is 7.11. The van der Waals surface area contributed by atoms with Gasteiger partial charge in [0.25, 0.3) is 0 Å². The van der Waals surface area contributed by atoms with E-state index in [0.29, 0.717) is 5.69 Å². The molecule has 2 rings (SSSR count). The average molecular weight is 221 g/mol. The normalized spacial score (nSPS) is 16.4. The summed E-state index contributed by atoms with van der Waals surface area (Å²) in [5.74, 6) is 2.89. The van der Waals surface area contributed by atoms with Gasteiger partial charge in [-0.15, -0.1) is 0 Å². The molecule has 3 heteroatoms. The van der Waals surface area contributed by atoms with E-state index in [-0.39, 0.29) is 5.82 Å². The van der Waals surface area contributed by atoms with Crippen LogP contribution in [0.4, 0.5) is 10.1 Å². The molecule has 1 nitrogen and oxygen atoms in total. The average Bonchev–Trinajstić information content (AvgIpc) is 2.49. The van der Waals surface area contributed by atoms with Crippen molar-refractivity contribution in [2.75, 3.05) is 4.90 Å². The van der Waals surface area contributed by atoms with E-state index in [0.717, 1.165) is 16.2 Å². The first-order valence-electron chi connectivity index (χ1n) is 4.76. The fourth-order valence-electron chi connectivity index (χ4n) is 1.53. The van der Waals surface area contributed by atoms with Crippen LogP contribution in [0.1, 0.15) is 19.4 Å². The van der Waals surface area contributed by atoms with Crippen LogP contribution in [0.15, 0.2) is 28.8 Å². The highest BCUT2D eigenvalue weighted by Crippen LogP contribution is 2.40. The summed E-state index contributed by atoms with van der Waals surface area (Å²) < 4.78 is 13.7. The maximum absolute atomic E-state index is 13.7. The standard InChI is InChI=1S/C12H12FNS/c1-8-5-4-6-11(13)12(8)14-7-15-10(3)9(14)2/h4-6H,1-3H3. The van der Waals surface area contributed by atoms with Crippen LogP contribution in [0.25, 0.3) is 0 Å². The number of rotatable bonds is 1. The number of aryl methyl sites for hydroxylation is 1. The smallest absolute Gasteiger partial charge is 0.169 e. The Labute approximate surface area is 94.0 Å². The van der Waals surface area contributed by atoms with Gasteiger partial charge >= 0.3 is 0 Å². The van der Waals surface area contributed by atoms with Crippen molar-refractivity contribution in [1.29, 1.82) is 0 Å². The lowest BCUT2D eigenvalue weighted by atomic mass is 10.1. The predicted octanol–water partition coefficient (Wildman–Crippen LogP) is 3.94. The van der Waals surface area contributed by atoms with Crippen LogP contribution < -0.4 is 4.90 Å². The zero-order chi connectivity index (χ0) is 11.0. The molecule has 0 unspecified atom stereocenters. The molecule has 1 aromatic rings. The first kappa shape index (κ1) is 10.6. The molecule has 1 heterocycles. The SMILES string of the molecule is CC1=C(C)N(c2c(C)cccc2F)[C]S1. The van der Waals surface area contributed by atoms with Crippen molar-refractivity contribution in [2.45, 2.75) is 20.8 Å². The van der Waals surface area contributed by atoms with Crippen molar-refractivity contribution in [3.05, 3.63) is 46.1 Å². The molecule has 0 spiro atoms. The third-order valence-electron chi connectivity index (χ3n) is 2.55. The molecule has 0 saturated heterocycles. The lowest BCUT2D eigenvalue weighted by Crippen LogP contribution is -2.15. The van der Waals surface area contributed by atoms with Crippen LogP contribution in [0, 0.1) is 18.6 Å². The zero-order valence-electron chi connectivity index (χ0n) is 8.97. The van der Waals surface area contributed by atoms with Crippen LogP contribution in [0.2, 0.25) is 0 Å². The topological polar surface area (TPSA) is 3.24 Å². The minimum Gasteiger partial charge on any atom is -0.320 e. The van der Waals surface area contributed by atoms with Crippen molar-refractivity contribution in [1.82, 2.24) is 0 Å². The molecule has 0 amide bonds. The van der Waals surface area contributed by atoms with Crippen molar-refractivity contribution in [3.63, 3.8) is 0 Å². The Morgan fingerprint density at radius 2 is 2.00 bits per heavy atom. The van der Waals surface area contributed by atoms with Gasteiger partial charge in [0, 0.05) is 10.6 Å². The summed E-state index contributed by atoms with van der Waals surface area (Å²) in [5, 5.41) is 0. The van der Waals surface area contributed by atoms with E-state index < -0.39 is 0 Å². The molecule has 1 aromatic carbocycles. The molecular formula is C12H12FNS. The van der Waals surface area contributed by atoms with Crippen LogP contribution in [0.5, 0.6) is 0 Å². The van der Waals surface area contributed by atoms with Crippen LogP contribution in [-0.2, 0) is 0 Å². The lowest BCUT2D eigenvalue weighted by molar-refractivity contribution is 0.626. The summed E-state index contributed by atoms with van der Waals surface area (Å²) >= 11 is 1.51. The summed E-state index contributed by atoms with van der Waals surface area (Å²) in [6, 6.07) is 5.12. The molecule has 15 heavy (non-hydrogen) atoms. The highest BCUT2D eigenvalue weighted by atomic mass is 32.2. The van der Waals surface area contributed by atoms with Crippen molar-refractivity contribution < 1.29 is 4.39 Å². The summed E-state index contributed by atoms with van der Waals surface area (Å²) in [5.41, 5.74) is 2.59. The predicted molar refractivity (Wildman–Crippen MR) is 62.8 cm³/mol. The van der Waals surface area contributed by atoms with E-state index in [9.17, 15) is 4.39 Å². The third-order valence-corrected chi connectivity index (χ3v) is 3.42. The maximum Gasteiger partial charge on any atom is 0.169 e. The molecular weight excluding hydrogens is 209 g/mol. The Morgan fingerprint density at radius 3 is 2.53 bits per heavy atom. The minimum absolute atomic E-state index is 0.197. The van der Waals surface area contributed by atoms with Gasteiger partial charge in [-0.3, -0.25) is 0 Å². The van der Waals surface area contributed by atoms with Gasteiger partial charge in [-0.1, -0.05) is 23.9 Å². The first-order valence-corrected chi connectivity index (χ1v) is 5.58. The highest BCUT2D eigenvalue weighted by Gasteiger charge is 2.23. The third kappa shape index (κ3) is 1.76. The summed E-state index contributed by atoms with van der Waals surface area (Å²) in [4.78, 5) is 2.96. The monoisotopic (exact) mass is 221 g/mol. The van der Waals surface area contributed by atoms with E-state index in [2.05, 4.69) is 5.88 Å². The molecule has 0 fully saturated rings. The second-order valence-corrected chi connectivity index (χ2v) is 4.57. The van der Waals surface area contributed by atoms with Gasteiger partial charge in [0.2, 0.25) is 0 Å². The van der Waals surface area contributed by atoms with Crippen LogP contribution >= 0.6 is 11.8 Å². The van der Waals surface area contributed by atoms with E-state index in [1.807, 2.05) is 26.8 Å². The number of halogens is 1. The fourth-order valence-corrected chi connectivity index (χ4v) is 2.23. The molecule has 0 saturated carbocycles. The molecule has 0 aliphatic carbocycles. The number of thioether (sulfide) groups is 1. The van der Waals surface area contributed by atoms with Crippen molar-refractivity contribution >= 4 is 17.4 Å². The van der Waals surface area contributed by atoms with E-state index in [1.165, 1.54) is 17.8 Å². The molecule has 0 N–H and O–H groups in total. The fraction of sp³-hybridized carbons (Fsp3) is 0.250. The Balaban J connectivity index is 2.47. The summed E-state index contributed by atoms with van der Waals surface area (Å²) in [6.45, 7) is 5.91. The zero-order valence-corrected chi connectivity index (χ0v) is 9.78. The number of hydrogen-bond donors (Lipinski definition) is 0. The van der Waals surface area contributed by atoms with E-state index in [4.69, 9.17) is 0 Å². The van der Waals surface area contributed by atoms with Gasteiger partial charge in [0.1, 0.15) is 5.82 Å². The van der Waals surface area contributed by atoms with Gasteiger partial charge in [0.05, 0.1) is 5.69 Å². The van der Waals surface area contributed by atoms with Gasteiger partial charge in [-0.2, -0.15) is 0 Å². The van der Waals surface area contributed by atoms with E-state index >= 15 is 0 Å². The number of para-hydroxylation sites is 1. The largest absolute Gasteiger partial charge is 0.320 e. The molecule has 1 aliphatic heterocycles. The van der Waals surface area contributed by atoms with Gasteiger partial charge in [0.15, 0.2) is 5.88 Å². The van der Waals surface area contributed by atoms with Crippen LogP contribution in [0.3, 0.4) is 0 Å². The maximum atomic E-state index is 13.7. The Kier molecular flexibility index (Phi) is 2.74. The van der Waals surface area contributed by atoms with Crippen molar-refractivity contribution in [3.8, 4) is 0 Å². The molecule has 0 bridgehead atoms. The minimum atomic E-state index is -0.197. The molecule has 78 valence electrons. The van der Waals surface area contributed by atoms with Gasteiger partial charge in [-0.05, 0) is 32.4 Å². The highest BCUT2D eigenvalue weighted by molar-refractivity contribution is 8.05. The molecule has 0 aromatic heterocycles. The van der Waals surface area contributed by atoms with Gasteiger partial charge < -0.3 is 4.90 Å². The number of nitrogens with zero attached hydrogens (tertiary/aromatic N) is 1. The van der Waals surface area contributed by atoms with Crippen molar-refractivity contribution in [2.24, 2.45) is 0 Å². The Morgan fingerprint density at radius 1 is 1.27 bits per heavy atom. The lowest BCUT2D eigenvalue weighted by Gasteiger charge is -2.20.